The van der Waals surface area contributed by atoms with Gasteiger partial charge in [-0.15, -0.1) is 0 Å². The maximum atomic E-state index is 6.24. The molecule has 3 nitrogen and oxygen atoms in total. The molecule has 0 saturated carbocycles. The smallest absolute Gasteiger partial charge is 0.0547 e. The lowest BCUT2D eigenvalue weighted by Gasteiger charge is -2.31. The Morgan fingerprint density at radius 2 is 1.86 bits per heavy atom. The lowest BCUT2D eigenvalue weighted by Crippen LogP contribution is -2.37. The van der Waals surface area contributed by atoms with E-state index < -0.39 is 0 Å². The summed E-state index contributed by atoms with van der Waals surface area (Å²) in [7, 11) is 2.11. The molecule has 0 aliphatic carbocycles. The molecule has 2 rings (SSSR count). The van der Waals surface area contributed by atoms with Crippen LogP contribution in [0.4, 0.5) is 0 Å². The van der Waals surface area contributed by atoms with Crippen LogP contribution in [0.3, 0.4) is 0 Å². The summed E-state index contributed by atoms with van der Waals surface area (Å²) in [4.78, 5) is 6.86. The van der Waals surface area contributed by atoms with Crippen molar-refractivity contribution in [2.75, 3.05) is 7.05 Å². The lowest BCUT2D eigenvalue weighted by molar-refractivity contribution is 0.208. The third kappa shape index (κ3) is 4.13. The van der Waals surface area contributed by atoms with Crippen molar-refractivity contribution >= 4 is 0 Å². The van der Waals surface area contributed by atoms with E-state index in [-0.39, 0.29) is 12.1 Å². The molecule has 3 heteroatoms. The molecule has 1 heterocycles. The van der Waals surface area contributed by atoms with Crippen molar-refractivity contribution in [1.29, 1.82) is 0 Å². The highest BCUT2D eigenvalue weighted by Gasteiger charge is 2.21. The number of benzene rings is 1. The van der Waals surface area contributed by atoms with Crippen molar-refractivity contribution in [2.24, 2.45) is 5.73 Å². The molecule has 0 bridgehead atoms. The Balaban J connectivity index is 2.22. The first-order chi connectivity index (χ1) is 9.97. The van der Waals surface area contributed by atoms with E-state index in [1.54, 1.807) is 0 Å². The van der Waals surface area contributed by atoms with E-state index in [1.807, 2.05) is 13.0 Å². The predicted octanol–water partition coefficient (Wildman–Crippen LogP) is 3.22. The molecule has 0 spiro atoms. The predicted molar refractivity (Wildman–Crippen MR) is 88.0 cm³/mol. The summed E-state index contributed by atoms with van der Waals surface area (Å²) in [5.41, 5.74) is 10.9. The normalized spacial score (nSPS) is 14.2. The number of pyridine rings is 1. The molecule has 0 radical (unpaired) electrons. The minimum absolute atomic E-state index is 0.0570. The zero-order valence-electron chi connectivity index (χ0n) is 13.4. The van der Waals surface area contributed by atoms with Crippen LogP contribution >= 0.6 is 0 Å². The van der Waals surface area contributed by atoms with Crippen LogP contribution in [0.5, 0.6) is 0 Å². The van der Waals surface area contributed by atoms with Gasteiger partial charge < -0.3 is 5.73 Å². The van der Waals surface area contributed by atoms with Gasteiger partial charge in [-0.3, -0.25) is 9.88 Å². The molecule has 112 valence electrons. The number of nitrogens with two attached hydrogens (primary N) is 1. The topological polar surface area (TPSA) is 42.1 Å². The fourth-order valence-electron chi connectivity index (χ4n) is 2.85. The van der Waals surface area contributed by atoms with Crippen LogP contribution in [0, 0.1) is 13.8 Å². The highest BCUT2D eigenvalue weighted by Crippen LogP contribution is 2.24. The van der Waals surface area contributed by atoms with Crippen molar-refractivity contribution in [3.05, 3.63) is 65.0 Å². The standard InChI is InChI=1S/C18H25N3/c1-13-7-5-9-16(11-13)18(15(3)19)21(4)12-17-10-6-8-14(2)20-17/h5-11,15,18H,12,19H2,1-4H3. The van der Waals surface area contributed by atoms with Gasteiger partial charge in [0.1, 0.15) is 0 Å². The molecule has 2 unspecified atom stereocenters. The molecular weight excluding hydrogens is 258 g/mol. The van der Waals surface area contributed by atoms with Gasteiger partial charge in [0.2, 0.25) is 0 Å². The largest absolute Gasteiger partial charge is 0.326 e. The van der Waals surface area contributed by atoms with Gasteiger partial charge in [-0.05, 0) is 45.5 Å². The molecule has 0 fully saturated rings. The van der Waals surface area contributed by atoms with Crippen LogP contribution in [0.15, 0.2) is 42.5 Å². The van der Waals surface area contributed by atoms with Crippen molar-refractivity contribution in [1.82, 2.24) is 9.88 Å². The average Bonchev–Trinajstić information content (AvgIpc) is 2.38. The average molecular weight is 283 g/mol. The maximum absolute atomic E-state index is 6.24. The van der Waals surface area contributed by atoms with Crippen LogP contribution in [-0.4, -0.2) is 23.0 Å². The zero-order valence-corrected chi connectivity index (χ0v) is 13.4. The second kappa shape index (κ2) is 6.83. The van der Waals surface area contributed by atoms with Gasteiger partial charge in [0.05, 0.1) is 5.69 Å². The Morgan fingerprint density at radius 1 is 1.14 bits per heavy atom. The van der Waals surface area contributed by atoms with Crippen LogP contribution in [0.1, 0.15) is 35.5 Å². The number of hydrogen-bond donors (Lipinski definition) is 1. The van der Waals surface area contributed by atoms with E-state index in [1.165, 1.54) is 11.1 Å². The Morgan fingerprint density at radius 3 is 2.48 bits per heavy atom. The van der Waals surface area contributed by atoms with Gasteiger partial charge >= 0.3 is 0 Å². The highest BCUT2D eigenvalue weighted by atomic mass is 15.2. The second-order valence-electron chi connectivity index (χ2n) is 5.90. The molecule has 2 N–H and O–H groups in total. The van der Waals surface area contributed by atoms with Gasteiger partial charge in [0, 0.05) is 24.3 Å². The van der Waals surface area contributed by atoms with Gasteiger partial charge in [0.15, 0.2) is 0 Å². The molecular formula is C18H25N3. The van der Waals surface area contributed by atoms with Crippen LogP contribution in [0.25, 0.3) is 0 Å². The van der Waals surface area contributed by atoms with E-state index in [4.69, 9.17) is 5.73 Å². The molecule has 2 aromatic rings. The summed E-state index contributed by atoms with van der Waals surface area (Å²) < 4.78 is 0. The molecule has 1 aromatic carbocycles. The number of hydrogen-bond acceptors (Lipinski definition) is 3. The SMILES string of the molecule is Cc1cccc(C(C(C)N)N(C)Cc2cccc(C)n2)c1. The Bertz CT molecular complexity index is 593. The monoisotopic (exact) mass is 283 g/mol. The second-order valence-corrected chi connectivity index (χ2v) is 5.90. The maximum Gasteiger partial charge on any atom is 0.0547 e. The van der Waals surface area contributed by atoms with Gasteiger partial charge in [-0.1, -0.05) is 35.9 Å². The van der Waals surface area contributed by atoms with Crippen LogP contribution in [0.2, 0.25) is 0 Å². The Kier molecular flexibility index (Phi) is 5.10. The molecule has 0 saturated heterocycles. The van der Waals surface area contributed by atoms with E-state index in [0.29, 0.717) is 0 Å². The molecule has 2 atom stereocenters. The first-order valence-electron chi connectivity index (χ1n) is 7.42. The van der Waals surface area contributed by atoms with E-state index in [9.17, 15) is 0 Å². The van der Waals surface area contributed by atoms with Crippen molar-refractivity contribution in [3.63, 3.8) is 0 Å². The van der Waals surface area contributed by atoms with Gasteiger partial charge in [0.25, 0.3) is 0 Å². The van der Waals surface area contributed by atoms with Crippen LogP contribution in [-0.2, 0) is 6.54 Å². The molecule has 0 amide bonds. The summed E-state index contributed by atoms with van der Waals surface area (Å²) in [6.45, 7) is 6.99. The first kappa shape index (κ1) is 15.7. The number of rotatable bonds is 5. The lowest BCUT2D eigenvalue weighted by atomic mass is 9.98. The van der Waals surface area contributed by atoms with E-state index in [0.717, 1.165) is 17.9 Å². The number of nitrogens with zero attached hydrogens (tertiary/aromatic N) is 2. The number of aromatic nitrogens is 1. The van der Waals surface area contributed by atoms with E-state index in [2.05, 4.69) is 67.2 Å². The number of aryl methyl sites for hydroxylation is 2. The third-order valence-electron chi connectivity index (χ3n) is 3.71. The summed E-state index contributed by atoms with van der Waals surface area (Å²) in [5.74, 6) is 0. The minimum atomic E-state index is 0.0570. The van der Waals surface area contributed by atoms with Gasteiger partial charge in [-0.2, -0.15) is 0 Å². The quantitative estimate of drug-likeness (QED) is 0.916. The van der Waals surface area contributed by atoms with Crippen molar-refractivity contribution in [2.45, 2.75) is 39.4 Å². The third-order valence-corrected chi connectivity index (χ3v) is 3.71. The van der Waals surface area contributed by atoms with Crippen molar-refractivity contribution < 1.29 is 0 Å². The zero-order chi connectivity index (χ0) is 15.4. The summed E-state index contributed by atoms with van der Waals surface area (Å²) in [6, 6.07) is 15.0. The first-order valence-corrected chi connectivity index (χ1v) is 7.42. The van der Waals surface area contributed by atoms with E-state index >= 15 is 0 Å². The summed E-state index contributed by atoms with van der Waals surface area (Å²) in [6.07, 6.45) is 0. The van der Waals surface area contributed by atoms with Crippen LogP contribution < -0.4 is 5.73 Å². The molecule has 1 aromatic heterocycles. The van der Waals surface area contributed by atoms with Gasteiger partial charge in [-0.25, -0.2) is 0 Å². The fourth-order valence-corrected chi connectivity index (χ4v) is 2.85. The Hall–Kier alpha value is -1.71. The summed E-state index contributed by atoms with van der Waals surface area (Å²) >= 11 is 0. The number of likely N-dealkylation sites (N-methyl/N-ethyl adjacent to an activating group) is 1. The fraction of sp³-hybridized carbons (Fsp3) is 0.389. The minimum Gasteiger partial charge on any atom is -0.326 e. The molecule has 0 aliphatic rings. The molecule has 0 aliphatic heterocycles. The summed E-state index contributed by atoms with van der Waals surface area (Å²) in [5, 5.41) is 0. The Labute approximate surface area is 127 Å². The molecule has 21 heavy (non-hydrogen) atoms. The highest BCUT2D eigenvalue weighted by molar-refractivity contribution is 5.26. The van der Waals surface area contributed by atoms with Crippen molar-refractivity contribution in [3.8, 4) is 0 Å².